The molecule has 1 fully saturated rings. The fraction of sp³-hybridized carbons (Fsp3) is 0.588. The van der Waals surface area contributed by atoms with Crippen molar-refractivity contribution in [2.75, 3.05) is 19.7 Å². The molecular formula is C17H25NO2. The van der Waals surface area contributed by atoms with Crippen molar-refractivity contribution in [3.8, 4) is 5.75 Å². The van der Waals surface area contributed by atoms with E-state index < -0.39 is 0 Å². The molecule has 1 aromatic carbocycles. The summed E-state index contributed by atoms with van der Waals surface area (Å²) in [7, 11) is 0. The molecule has 0 bridgehead atoms. The van der Waals surface area contributed by atoms with Crippen LogP contribution < -0.4 is 4.74 Å². The smallest absolute Gasteiger partial charge is 0.260 e. The van der Waals surface area contributed by atoms with E-state index in [1.807, 2.05) is 17.0 Å². The van der Waals surface area contributed by atoms with Crippen molar-refractivity contribution in [1.82, 2.24) is 4.90 Å². The zero-order valence-electron chi connectivity index (χ0n) is 12.8. The van der Waals surface area contributed by atoms with Crippen LogP contribution in [0.5, 0.6) is 5.75 Å². The number of carbonyl (C=O) groups excluding carboxylic acids is 1. The number of rotatable bonds is 4. The minimum Gasteiger partial charge on any atom is -0.484 e. The van der Waals surface area contributed by atoms with Crippen LogP contribution >= 0.6 is 0 Å². The predicted molar refractivity (Wildman–Crippen MR) is 81.0 cm³/mol. The highest BCUT2D eigenvalue weighted by Gasteiger charge is 2.21. The molecule has 1 unspecified atom stereocenters. The standard InChI is InChI=1S/C17H25NO2/c1-13(2)15-6-8-16(9-7-15)20-12-17(19)18-10-4-5-14(3)11-18/h6-9,13-14H,4-5,10-12H2,1-3H3. The molecule has 1 aliphatic rings. The molecule has 3 heteroatoms. The predicted octanol–water partition coefficient (Wildman–Crippen LogP) is 3.45. The van der Waals surface area contributed by atoms with E-state index in [2.05, 4.69) is 32.9 Å². The Morgan fingerprint density at radius 2 is 2.05 bits per heavy atom. The number of nitrogens with zero attached hydrogens (tertiary/aromatic N) is 1. The molecule has 20 heavy (non-hydrogen) atoms. The van der Waals surface area contributed by atoms with E-state index in [0.717, 1.165) is 25.3 Å². The topological polar surface area (TPSA) is 29.5 Å². The fourth-order valence-electron chi connectivity index (χ4n) is 2.60. The van der Waals surface area contributed by atoms with Gasteiger partial charge in [-0.1, -0.05) is 32.9 Å². The van der Waals surface area contributed by atoms with Crippen molar-refractivity contribution in [3.05, 3.63) is 29.8 Å². The van der Waals surface area contributed by atoms with Crippen LogP contribution in [-0.2, 0) is 4.79 Å². The Morgan fingerprint density at radius 1 is 1.35 bits per heavy atom. The summed E-state index contributed by atoms with van der Waals surface area (Å²) in [4.78, 5) is 14.0. The van der Waals surface area contributed by atoms with Gasteiger partial charge < -0.3 is 9.64 Å². The number of hydrogen-bond donors (Lipinski definition) is 0. The lowest BCUT2D eigenvalue weighted by Crippen LogP contribution is -2.41. The molecule has 1 aromatic rings. The van der Waals surface area contributed by atoms with Gasteiger partial charge >= 0.3 is 0 Å². The molecule has 1 heterocycles. The van der Waals surface area contributed by atoms with Crippen LogP contribution in [0.15, 0.2) is 24.3 Å². The molecule has 1 saturated heterocycles. The van der Waals surface area contributed by atoms with Gasteiger partial charge in [0.25, 0.3) is 5.91 Å². The summed E-state index contributed by atoms with van der Waals surface area (Å²) >= 11 is 0. The van der Waals surface area contributed by atoms with Crippen LogP contribution in [0.3, 0.4) is 0 Å². The van der Waals surface area contributed by atoms with Crippen LogP contribution in [0.25, 0.3) is 0 Å². The van der Waals surface area contributed by atoms with Gasteiger partial charge in [0.2, 0.25) is 0 Å². The first-order valence-corrected chi connectivity index (χ1v) is 7.57. The van der Waals surface area contributed by atoms with Gasteiger partial charge in [-0.25, -0.2) is 0 Å². The SMILES string of the molecule is CC1CCCN(C(=O)COc2ccc(C(C)C)cc2)C1. The molecule has 110 valence electrons. The van der Waals surface area contributed by atoms with Gasteiger partial charge in [0.05, 0.1) is 0 Å². The van der Waals surface area contributed by atoms with E-state index in [9.17, 15) is 4.79 Å². The van der Waals surface area contributed by atoms with Crippen molar-refractivity contribution in [2.45, 2.75) is 39.5 Å². The quantitative estimate of drug-likeness (QED) is 0.842. The Bertz CT molecular complexity index is 439. The number of benzene rings is 1. The summed E-state index contributed by atoms with van der Waals surface area (Å²) < 4.78 is 5.60. The second kappa shape index (κ2) is 6.78. The Kier molecular flexibility index (Phi) is 5.05. The lowest BCUT2D eigenvalue weighted by Gasteiger charge is -2.30. The van der Waals surface area contributed by atoms with Crippen LogP contribution in [0, 0.1) is 5.92 Å². The third kappa shape index (κ3) is 3.99. The van der Waals surface area contributed by atoms with Crippen LogP contribution in [0.1, 0.15) is 45.1 Å². The Morgan fingerprint density at radius 3 is 2.65 bits per heavy atom. The first-order valence-electron chi connectivity index (χ1n) is 7.57. The molecule has 0 aliphatic carbocycles. The third-order valence-electron chi connectivity index (χ3n) is 3.92. The van der Waals surface area contributed by atoms with E-state index in [1.54, 1.807) is 0 Å². The largest absolute Gasteiger partial charge is 0.484 e. The summed E-state index contributed by atoms with van der Waals surface area (Å²) in [5, 5.41) is 0. The maximum Gasteiger partial charge on any atom is 0.260 e. The number of amides is 1. The molecule has 1 aliphatic heterocycles. The zero-order valence-corrected chi connectivity index (χ0v) is 12.8. The van der Waals surface area contributed by atoms with Crippen molar-refractivity contribution in [1.29, 1.82) is 0 Å². The Labute approximate surface area is 121 Å². The molecule has 0 saturated carbocycles. The lowest BCUT2D eigenvalue weighted by molar-refractivity contribution is -0.135. The van der Waals surface area contributed by atoms with Gasteiger partial charge in [0.1, 0.15) is 5.75 Å². The van der Waals surface area contributed by atoms with Crippen LogP contribution in [0.4, 0.5) is 0 Å². The van der Waals surface area contributed by atoms with E-state index in [1.165, 1.54) is 12.0 Å². The first-order chi connectivity index (χ1) is 9.56. The van der Waals surface area contributed by atoms with Gasteiger partial charge in [-0.3, -0.25) is 4.79 Å². The third-order valence-corrected chi connectivity index (χ3v) is 3.92. The van der Waals surface area contributed by atoms with Gasteiger partial charge in [-0.15, -0.1) is 0 Å². The van der Waals surface area contributed by atoms with Crippen molar-refractivity contribution >= 4 is 5.91 Å². The number of ether oxygens (including phenoxy) is 1. The molecule has 0 radical (unpaired) electrons. The van der Waals surface area contributed by atoms with E-state index in [4.69, 9.17) is 4.74 Å². The maximum atomic E-state index is 12.1. The molecule has 3 nitrogen and oxygen atoms in total. The molecular weight excluding hydrogens is 250 g/mol. The highest BCUT2D eigenvalue weighted by Crippen LogP contribution is 2.19. The first kappa shape index (κ1) is 14.9. The number of hydrogen-bond acceptors (Lipinski definition) is 2. The molecule has 1 atom stereocenters. The molecule has 0 aromatic heterocycles. The summed E-state index contributed by atoms with van der Waals surface area (Å²) in [5.74, 6) is 2.00. The number of likely N-dealkylation sites (tertiary alicyclic amines) is 1. The van der Waals surface area contributed by atoms with Crippen molar-refractivity contribution in [3.63, 3.8) is 0 Å². The van der Waals surface area contributed by atoms with Gasteiger partial charge in [0, 0.05) is 13.1 Å². The number of piperidine rings is 1. The molecule has 0 spiro atoms. The Balaban J connectivity index is 1.83. The monoisotopic (exact) mass is 275 g/mol. The zero-order chi connectivity index (χ0) is 14.5. The minimum absolute atomic E-state index is 0.101. The molecule has 0 N–H and O–H groups in total. The maximum absolute atomic E-state index is 12.1. The molecule has 1 amide bonds. The van der Waals surface area contributed by atoms with Crippen molar-refractivity contribution < 1.29 is 9.53 Å². The highest BCUT2D eigenvalue weighted by molar-refractivity contribution is 5.77. The van der Waals surface area contributed by atoms with Crippen molar-refractivity contribution in [2.24, 2.45) is 5.92 Å². The minimum atomic E-state index is 0.101. The summed E-state index contributed by atoms with van der Waals surface area (Å²) in [6.07, 6.45) is 2.33. The van der Waals surface area contributed by atoms with Gasteiger partial charge in [0.15, 0.2) is 6.61 Å². The second-order valence-corrected chi connectivity index (χ2v) is 6.10. The molecule has 2 rings (SSSR count). The van der Waals surface area contributed by atoms with E-state index in [-0.39, 0.29) is 12.5 Å². The number of carbonyl (C=O) groups is 1. The summed E-state index contributed by atoms with van der Waals surface area (Å²) in [5.41, 5.74) is 1.29. The Hall–Kier alpha value is -1.51. The summed E-state index contributed by atoms with van der Waals surface area (Å²) in [6.45, 7) is 8.42. The van der Waals surface area contributed by atoms with E-state index in [0.29, 0.717) is 11.8 Å². The lowest BCUT2D eigenvalue weighted by atomic mass is 10.0. The average Bonchev–Trinajstić information content (AvgIpc) is 2.45. The van der Waals surface area contributed by atoms with Crippen LogP contribution in [-0.4, -0.2) is 30.5 Å². The highest BCUT2D eigenvalue weighted by atomic mass is 16.5. The van der Waals surface area contributed by atoms with Crippen LogP contribution in [0.2, 0.25) is 0 Å². The fourth-order valence-corrected chi connectivity index (χ4v) is 2.60. The van der Waals surface area contributed by atoms with E-state index >= 15 is 0 Å². The normalized spacial score (nSPS) is 19.2. The summed E-state index contributed by atoms with van der Waals surface area (Å²) in [6, 6.07) is 8.02. The second-order valence-electron chi connectivity index (χ2n) is 6.10. The van der Waals surface area contributed by atoms with Gasteiger partial charge in [-0.2, -0.15) is 0 Å². The van der Waals surface area contributed by atoms with Gasteiger partial charge in [-0.05, 0) is 42.4 Å². The average molecular weight is 275 g/mol.